The number of hydrogen-bond acceptors (Lipinski definition) is 4. The largest absolute Gasteiger partial charge is 0.326 e. The summed E-state index contributed by atoms with van der Waals surface area (Å²) in [6.45, 7) is 2.92. The van der Waals surface area contributed by atoms with E-state index < -0.39 is 0 Å². The molecule has 2 unspecified atom stereocenters. The summed E-state index contributed by atoms with van der Waals surface area (Å²) in [5.41, 5.74) is 7.42. The van der Waals surface area contributed by atoms with Crippen molar-refractivity contribution in [3.05, 3.63) is 50.9 Å². The topological polar surface area (TPSA) is 42.1 Å². The fraction of sp³-hybridized carbons (Fsp3) is 0.357. The minimum Gasteiger partial charge on any atom is -0.326 e. The summed E-state index contributed by atoms with van der Waals surface area (Å²) >= 11 is 5.25. The van der Waals surface area contributed by atoms with E-state index >= 15 is 0 Å². The van der Waals surface area contributed by atoms with Crippen molar-refractivity contribution in [3.8, 4) is 0 Å². The van der Waals surface area contributed by atoms with Crippen LogP contribution in [-0.2, 0) is 6.54 Å². The Labute approximate surface area is 126 Å². The molecule has 0 aromatic carbocycles. The molecule has 0 bridgehead atoms. The van der Waals surface area contributed by atoms with E-state index in [2.05, 4.69) is 51.2 Å². The van der Waals surface area contributed by atoms with Gasteiger partial charge in [0.05, 0.1) is 6.04 Å². The van der Waals surface area contributed by atoms with E-state index in [0.29, 0.717) is 0 Å². The fourth-order valence-electron chi connectivity index (χ4n) is 2.24. The number of thiophene rings is 1. The molecule has 19 heavy (non-hydrogen) atoms. The van der Waals surface area contributed by atoms with Crippen molar-refractivity contribution in [2.75, 3.05) is 7.05 Å². The Kier molecular flexibility index (Phi) is 5.10. The van der Waals surface area contributed by atoms with Gasteiger partial charge in [-0.15, -0.1) is 11.3 Å². The highest BCUT2D eigenvalue weighted by Crippen LogP contribution is 2.31. The molecule has 0 fully saturated rings. The van der Waals surface area contributed by atoms with Crippen molar-refractivity contribution in [3.63, 3.8) is 0 Å². The SMILES string of the molecule is CC(N)C(c1cc(Br)cs1)N(C)Cc1ccncc1. The Bertz CT molecular complexity index is 512. The lowest BCUT2D eigenvalue weighted by Gasteiger charge is -2.30. The molecule has 0 spiro atoms. The first-order valence-corrected chi connectivity index (χ1v) is 7.84. The van der Waals surface area contributed by atoms with Crippen molar-refractivity contribution in [2.24, 2.45) is 5.73 Å². The first-order valence-electron chi connectivity index (χ1n) is 6.16. The first kappa shape index (κ1) is 14.7. The Balaban J connectivity index is 2.15. The number of nitrogens with zero attached hydrogens (tertiary/aromatic N) is 2. The standard InChI is InChI=1S/C14H18BrN3S/c1-10(16)14(13-7-12(15)9-19-13)18(2)8-11-3-5-17-6-4-11/h3-7,9-10,14H,8,16H2,1-2H3. The van der Waals surface area contributed by atoms with Gasteiger partial charge in [0.1, 0.15) is 0 Å². The van der Waals surface area contributed by atoms with Crippen LogP contribution in [0, 0.1) is 0 Å². The third-order valence-corrected chi connectivity index (χ3v) is 4.80. The molecule has 102 valence electrons. The van der Waals surface area contributed by atoms with Crippen LogP contribution in [-0.4, -0.2) is 23.0 Å². The van der Waals surface area contributed by atoms with Gasteiger partial charge >= 0.3 is 0 Å². The minimum atomic E-state index is 0.0809. The lowest BCUT2D eigenvalue weighted by molar-refractivity contribution is 0.214. The van der Waals surface area contributed by atoms with Gasteiger partial charge in [-0.2, -0.15) is 0 Å². The van der Waals surface area contributed by atoms with Gasteiger partial charge in [0.25, 0.3) is 0 Å². The number of rotatable bonds is 5. The van der Waals surface area contributed by atoms with Crippen LogP contribution in [0.5, 0.6) is 0 Å². The summed E-state index contributed by atoms with van der Waals surface area (Å²) in [4.78, 5) is 7.63. The Hall–Kier alpha value is -0.750. The van der Waals surface area contributed by atoms with E-state index in [4.69, 9.17) is 5.73 Å². The number of aromatic nitrogens is 1. The van der Waals surface area contributed by atoms with Gasteiger partial charge in [0.2, 0.25) is 0 Å². The highest BCUT2D eigenvalue weighted by molar-refractivity contribution is 9.10. The lowest BCUT2D eigenvalue weighted by Crippen LogP contribution is -2.36. The summed E-state index contributed by atoms with van der Waals surface area (Å²) in [7, 11) is 2.11. The third-order valence-electron chi connectivity index (χ3n) is 3.03. The van der Waals surface area contributed by atoms with Crippen LogP contribution in [0.1, 0.15) is 23.4 Å². The second kappa shape index (κ2) is 6.61. The zero-order chi connectivity index (χ0) is 13.8. The average molecular weight is 340 g/mol. The summed E-state index contributed by atoms with van der Waals surface area (Å²) in [5.74, 6) is 0. The predicted octanol–water partition coefficient (Wildman–Crippen LogP) is 3.43. The minimum absolute atomic E-state index is 0.0809. The van der Waals surface area contributed by atoms with Gasteiger partial charge in [-0.1, -0.05) is 0 Å². The molecule has 2 heterocycles. The predicted molar refractivity (Wildman–Crippen MR) is 84.1 cm³/mol. The molecule has 0 aliphatic heterocycles. The van der Waals surface area contributed by atoms with Crippen molar-refractivity contribution in [2.45, 2.75) is 25.6 Å². The van der Waals surface area contributed by atoms with E-state index in [9.17, 15) is 0 Å². The summed E-state index contributed by atoms with van der Waals surface area (Å²) in [5, 5.41) is 2.10. The Morgan fingerprint density at radius 1 is 1.42 bits per heavy atom. The number of halogens is 1. The van der Waals surface area contributed by atoms with Crippen molar-refractivity contribution < 1.29 is 0 Å². The number of nitrogens with two attached hydrogens (primary N) is 1. The van der Waals surface area contributed by atoms with Crippen molar-refractivity contribution in [1.29, 1.82) is 0 Å². The van der Waals surface area contributed by atoms with Gasteiger partial charge in [-0.05, 0) is 53.7 Å². The second-order valence-electron chi connectivity index (χ2n) is 4.74. The Morgan fingerprint density at radius 2 is 2.11 bits per heavy atom. The second-order valence-corrected chi connectivity index (χ2v) is 6.60. The zero-order valence-corrected chi connectivity index (χ0v) is 13.5. The van der Waals surface area contributed by atoms with Crippen LogP contribution < -0.4 is 5.73 Å². The fourth-order valence-corrected chi connectivity index (χ4v) is 3.96. The molecule has 3 nitrogen and oxygen atoms in total. The van der Waals surface area contributed by atoms with Crippen LogP contribution in [0.3, 0.4) is 0 Å². The molecule has 0 aliphatic rings. The molecule has 5 heteroatoms. The maximum absolute atomic E-state index is 6.17. The summed E-state index contributed by atoms with van der Waals surface area (Å²) in [6, 6.07) is 6.54. The molecule has 0 amide bonds. The maximum Gasteiger partial charge on any atom is 0.0591 e. The molecule has 0 aliphatic carbocycles. The van der Waals surface area contributed by atoms with Gasteiger partial charge in [0, 0.05) is 39.7 Å². The normalized spacial score (nSPS) is 14.6. The molecule has 2 aromatic heterocycles. The quantitative estimate of drug-likeness (QED) is 0.907. The van der Waals surface area contributed by atoms with E-state index in [-0.39, 0.29) is 12.1 Å². The van der Waals surface area contributed by atoms with E-state index in [1.165, 1.54) is 10.4 Å². The molecular formula is C14H18BrN3S. The van der Waals surface area contributed by atoms with Gasteiger partial charge in [0.15, 0.2) is 0 Å². The highest BCUT2D eigenvalue weighted by Gasteiger charge is 2.22. The molecule has 2 aromatic rings. The first-order chi connectivity index (χ1) is 9.08. The van der Waals surface area contributed by atoms with Gasteiger partial charge < -0.3 is 5.73 Å². The molecular weight excluding hydrogens is 322 g/mol. The molecule has 0 radical (unpaired) electrons. The van der Waals surface area contributed by atoms with Crippen LogP contribution in [0.4, 0.5) is 0 Å². The lowest BCUT2D eigenvalue weighted by atomic mass is 10.1. The van der Waals surface area contributed by atoms with Crippen LogP contribution >= 0.6 is 27.3 Å². The van der Waals surface area contributed by atoms with E-state index in [1.54, 1.807) is 11.3 Å². The number of likely N-dealkylation sites (N-methyl/N-ethyl adjacent to an activating group) is 1. The van der Waals surface area contributed by atoms with Crippen LogP contribution in [0.25, 0.3) is 0 Å². The molecule has 2 N–H and O–H groups in total. The smallest absolute Gasteiger partial charge is 0.0591 e. The zero-order valence-electron chi connectivity index (χ0n) is 11.1. The van der Waals surface area contributed by atoms with E-state index in [1.807, 2.05) is 24.5 Å². The van der Waals surface area contributed by atoms with Crippen molar-refractivity contribution >= 4 is 27.3 Å². The van der Waals surface area contributed by atoms with Crippen LogP contribution in [0.15, 0.2) is 40.4 Å². The number of pyridine rings is 1. The monoisotopic (exact) mass is 339 g/mol. The van der Waals surface area contributed by atoms with Gasteiger partial charge in [-0.25, -0.2) is 0 Å². The highest BCUT2D eigenvalue weighted by atomic mass is 79.9. The molecule has 0 saturated heterocycles. The maximum atomic E-state index is 6.17. The Morgan fingerprint density at radius 3 is 2.63 bits per heavy atom. The van der Waals surface area contributed by atoms with Gasteiger partial charge in [-0.3, -0.25) is 9.88 Å². The van der Waals surface area contributed by atoms with E-state index in [0.717, 1.165) is 11.0 Å². The van der Waals surface area contributed by atoms with Crippen molar-refractivity contribution in [1.82, 2.24) is 9.88 Å². The summed E-state index contributed by atoms with van der Waals surface area (Å²) < 4.78 is 1.12. The van der Waals surface area contributed by atoms with Crippen LogP contribution in [0.2, 0.25) is 0 Å². The third kappa shape index (κ3) is 3.86. The number of hydrogen-bond donors (Lipinski definition) is 1. The molecule has 2 atom stereocenters. The molecule has 0 saturated carbocycles. The summed E-state index contributed by atoms with van der Waals surface area (Å²) in [6.07, 6.45) is 3.65. The average Bonchev–Trinajstić information content (AvgIpc) is 2.76. The molecule has 2 rings (SSSR count).